The van der Waals surface area contributed by atoms with E-state index in [4.69, 9.17) is 0 Å². The fraction of sp³-hybridized carbons (Fsp3) is 0.382. The van der Waals surface area contributed by atoms with Crippen LogP contribution >= 0.6 is 0 Å². The first-order chi connectivity index (χ1) is 21.2. The van der Waals surface area contributed by atoms with Crippen LogP contribution in [0, 0.1) is 18.8 Å². The second-order valence-electron chi connectivity index (χ2n) is 11.7. The van der Waals surface area contributed by atoms with Crippen LogP contribution < -0.4 is 5.32 Å². The number of nitrogens with one attached hydrogen (secondary N) is 1. The van der Waals surface area contributed by atoms with Crippen LogP contribution in [0.4, 0.5) is 18.9 Å². The lowest BCUT2D eigenvalue weighted by Gasteiger charge is -2.40. The van der Waals surface area contributed by atoms with Gasteiger partial charge >= 0.3 is 6.18 Å². The molecule has 4 heterocycles. The van der Waals surface area contributed by atoms with Crippen LogP contribution in [0.3, 0.4) is 0 Å². The SMILES string of the molecule is Cc1ccc(C(=O)Nc2ccc(CN3CCC(N4CCCCC4)CC3)c(C(F)(F)F)c2)cc1C#Cc1nnc2ccccn12. The number of carbonyl (C=O) groups is 1. The van der Waals surface area contributed by atoms with E-state index in [2.05, 4.69) is 37.2 Å². The molecular weight excluding hydrogens is 565 g/mol. The predicted octanol–water partition coefficient (Wildman–Crippen LogP) is 6.16. The highest BCUT2D eigenvalue weighted by Crippen LogP contribution is 2.35. The molecule has 0 unspecified atom stereocenters. The quantitative estimate of drug-likeness (QED) is 0.278. The Bertz CT molecular complexity index is 1710. The van der Waals surface area contributed by atoms with Gasteiger partial charge in [0.25, 0.3) is 5.91 Å². The fourth-order valence-electron chi connectivity index (χ4n) is 6.17. The molecule has 1 amide bonds. The topological polar surface area (TPSA) is 65.8 Å². The summed E-state index contributed by atoms with van der Waals surface area (Å²) in [7, 11) is 0. The van der Waals surface area contributed by atoms with E-state index in [1.165, 1.54) is 25.3 Å². The van der Waals surface area contributed by atoms with E-state index >= 15 is 0 Å². The second-order valence-corrected chi connectivity index (χ2v) is 11.7. The molecule has 0 spiro atoms. The van der Waals surface area contributed by atoms with Gasteiger partial charge in [0.1, 0.15) is 0 Å². The van der Waals surface area contributed by atoms with Crippen molar-refractivity contribution in [3.8, 4) is 11.8 Å². The smallest absolute Gasteiger partial charge is 0.322 e. The molecule has 0 bridgehead atoms. The Kier molecular flexibility index (Phi) is 8.69. The first kappa shape index (κ1) is 29.9. The minimum Gasteiger partial charge on any atom is -0.322 e. The van der Waals surface area contributed by atoms with Crippen molar-refractivity contribution >= 4 is 17.2 Å². The van der Waals surface area contributed by atoms with Gasteiger partial charge in [-0.15, -0.1) is 10.2 Å². The van der Waals surface area contributed by atoms with Crippen LogP contribution in [0.5, 0.6) is 0 Å². The van der Waals surface area contributed by atoms with E-state index in [0.717, 1.165) is 50.7 Å². The summed E-state index contributed by atoms with van der Waals surface area (Å²) in [5.41, 5.74) is 2.03. The Morgan fingerprint density at radius 3 is 2.52 bits per heavy atom. The number of hydrogen-bond donors (Lipinski definition) is 1. The van der Waals surface area contributed by atoms with Crippen molar-refractivity contribution in [2.75, 3.05) is 31.5 Å². The standard InChI is InChI=1S/C34H35F3N6O/c1-24-8-9-26(21-25(24)11-13-32-40-39-31-7-3-6-18-43(31)32)33(44)38-28-12-10-27(30(22-28)34(35,36)37)23-41-19-14-29(15-20-41)42-16-4-2-5-17-42/h3,6-10,12,18,21-22,29H,2,4-5,14-17,19-20,23H2,1H3,(H,38,44). The number of amides is 1. The molecule has 10 heteroatoms. The van der Waals surface area contributed by atoms with Crippen LogP contribution in [0.15, 0.2) is 60.8 Å². The van der Waals surface area contributed by atoms with Crippen molar-refractivity contribution in [3.63, 3.8) is 0 Å². The summed E-state index contributed by atoms with van der Waals surface area (Å²) < 4.78 is 44.3. The molecule has 228 valence electrons. The van der Waals surface area contributed by atoms with Crippen LogP contribution in [0.25, 0.3) is 5.65 Å². The number of anilines is 1. The number of benzene rings is 2. The second kappa shape index (κ2) is 12.8. The number of likely N-dealkylation sites (tertiary alicyclic amines) is 2. The number of rotatable bonds is 5. The minimum absolute atomic E-state index is 0.0954. The zero-order chi connectivity index (χ0) is 30.7. The van der Waals surface area contributed by atoms with Gasteiger partial charge in [0.2, 0.25) is 5.82 Å². The Labute approximate surface area is 255 Å². The molecule has 2 aliphatic rings. The molecule has 2 aromatic heterocycles. The third-order valence-corrected chi connectivity index (χ3v) is 8.65. The molecule has 1 N–H and O–H groups in total. The van der Waals surface area contributed by atoms with Gasteiger partial charge in [-0.3, -0.25) is 14.1 Å². The first-order valence-electron chi connectivity index (χ1n) is 15.1. The number of nitrogens with zero attached hydrogens (tertiary/aromatic N) is 5. The van der Waals surface area contributed by atoms with Gasteiger partial charge in [0, 0.05) is 35.6 Å². The van der Waals surface area contributed by atoms with Gasteiger partial charge in [-0.25, -0.2) is 0 Å². The largest absolute Gasteiger partial charge is 0.416 e. The predicted molar refractivity (Wildman–Crippen MR) is 163 cm³/mol. The summed E-state index contributed by atoms with van der Waals surface area (Å²) in [6.07, 6.45) is 2.99. The van der Waals surface area contributed by atoms with Crippen molar-refractivity contribution < 1.29 is 18.0 Å². The van der Waals surface area contributed by atoms with Gasteiger partial charge in [0.05, 0.1) is 5.56 Å². The van der Waals surface area contributed by atoms with Crippen molar-refractivity contribution in [1.29, 1.82) is 0 Å². The van der Waals surface area contributed by atoms with Gasteiger partial charge in [-0.05, 0) is 112 Å². The van der Waals surface area contributed by atoms with Gasteiger partial charge < -0.3 is 10.2 Å². The number of piperidine rings is 2. The Morgan fingerprint density at radius 2 is 1.75 bits per heavy atom. The molecule has 4 aromatic rings. The third-order valence-electron chi connectivity index (χ3n) is 8.65. The zero-order valence-corrected chi connectivity index (χ0v) is 24.7. The third kappa shape index (κ3) is 6.79. The van der Waals surface area contributed by atoms with Crippen LogP contribution in [0.1, 0.15) is 70.5 Å². The highest BCUT2D eigenvalue weighted by Gasteiger charge is 2.35. The molecule has 6 rings (SSSR count). The Balaban J connectivity index is 1.14. The molecule has 2 fully saturated rings. The van der Waals surface area contributed by atoms with Crippen molar-refractivity contribution in [2.24, 2.45) is 0 Å². The molecular formula is C34H35F3N6O. The molecule has 7 nitrogen and oxygen atoms in total. The summed E-state index contributed by atoms with van der Waals surface area (Å²) >= 11 is 0. The molecule has 0 atom stereocenters. The Hall–Kier alpha value is -4.20. The van der Waals surface area contributed by atoms with Crippen LogP contribution in [-0.4, -0.2) is 62.5 Å². The van der Waals surface area contributed by atoms with Gasteiger partial charge in [-0.1, -0.05) is 30.5 Å². The molecule has 0 radical (unpaired) electrons. The van der Waals surface area contributed by atoms with E-state index in [1.807, 2.05) is 31.3 Å². The minimum atomic E-state index is -4.54. The molecule has 2 saturated heterocycles. The highest BCUT2D eigenvalue weighted by atomic mass is 19.4. The van der Waals surface area contributed by atoms with E-state index in [9.17, 15) is 18.0 Å². The molecule has 2 aromatic carbocycles. The number of halogens is 3. The number of aromatic nitrogens is 3. The Morgan fingerprint density at radius 1 is 0.955 bits per heavy atom. The van der Waals surface area contributed by atoms with E-state index < -0.39 is 17.6 Å². The number of aryl methyl sites for hydroxylation is 1. The molecule has 2 aliphatic heterocycles. The lowest BCUT2D eigenvalue weighted by molar-refractivity contribution is -0.138. The lowest BCUT2D eigenvalue weighted by Crippen LogP contribution is -2.46. The molecule has 0 aliphatic carbocycles. The van der Waals surface area contributed by atoms with Gasteiger partial charge in [0.15, 0.2) is 5.65 Å². The molecule has 0 saturated carbocycles. The summed E-state index contributed by atoms with van der Waals surface area (Å²) in [5.74, 6) is 6.00. The van der Waals surface area contributed by atoms with Crippen molar-refractivity contribution in [3.05, 3.63) is 94.4 Å². The average molecular weight is 601 g/mol. The number of hydrogen-bond acceptors (Lipinski definition) is 5. The number of pyridine rings is 1. The number of carbonyl (C=O) groups excluding carboxylic acids is 1. The van der Waals surface area contributed by atoms with Gasteiger partial charge in [-0.2, -0.15) is 13.2 Å². The van der Waals surface area contributed by atoms with Crippen molar-refractivity contribution in [1.82, 2.24) is 24.4 Å². The fourth-order valence-corrected chi connectivity index (χ4v) is 6.17. The van der Waals surface area contributed by atoms with Crippen molar-refractivity contribution in [2.45, 2.75) is 57.8 Å². The maximum Gasteiger partial charge on any atom is 0.416 e. The van der Waals surface area contributed by atoms with Crippen LogP contribution in [-0.2, 0) is 12.7 Å². The highest BCUT2D eigenvalue weighted by molar-refractivity contribution is 6.04. The van der Waals surface area contributed by atoms with Crippen LogP contribution in [0.2, 0.25) is 0 Å². The lowest BCUT2D eigenvalue weighted by atomic mass is 9.98. The maximum atomic E-state index is 14.2. The summed E-state index contributed by atoms with van der Waals surface area (Å²) in [5, 5.41) is 10.9. The summed E-state index contributed by atoms with van der Waals surface area (Å²) in [6, 6.07) is 15.2. The first-order valence-corrected chi connectivity index (χ1v) is 15.1. The number of fused-ring (bicyclic) bond motifs is 1. The zero-order valence-electron chi connectivity index (χ0n) is 24.7. The monoisotopic (exact) mass is 600 g/mol. The average Bonchev–Trinajstić information content (AvgIpc) is 3.45. The summed E-state index contributed by atoms with van der Waals surface area (Å²) in [4.78, 5) is 17.8. The number of alkyl halides is 3. The van der Waals surface area contributed by atoms with E-state index in [1.54, 1.807) is 28.7 Å². The maximum absolute atomic E-state index is 14.2. The van der Waals surface area contributed by atoms with E-state index in [0.29, 0.717) is 28.6 Å². The summed E-state index contributed by atoms with van der Waals surface area (Å²) in [6.45, 7) is 5.93. The van der Waals surface area contributed by atoms with E-state index in [-0.39, 0.29) is 17.8 Å². The molecule has 44 heavy (non-hydrogen) atoms. The normalized spacial score (nSPS) is 16.9.